The molecule has 7 nitrogen and oxygen atoms in total. The van der Waals surface area contributed by atoms with Gasteiger partial charge in [-0.2, -0.15) is 0 Å². The molecule has 8 heteroatoms. The normalized spacial score (nSPS) is 14.7. The molecule has 0 atom stereocenters. The van der Waals surface area contributed by atoms with Gasteiger partial charge in [-0.25, -0.2) is 9.78 Å². The van der Waals surface area contributed by atoms with Crippen molar-refractivity contribution in [1.29, 1.82) is 0 Å². The number of amides is 1. The second kappa shape index (κ2) is 9.43. The van der Waals surface area contributed by atoms with Crippen molar-refractivity contribution in [1.82, 2.24) is 9.88 Å². The van der Waals surface area contributed by atoms with Gasteiger partial charge in [-0.3, -0.25) is 14.6 Å². The summed E-state index contributed by atoms with van der Waals surface area (Å²) in [5, 5.41) is 1.31. The highest BCUT2D eigenvalue weighted by Gasteiger charge is 2.25. The maximum atomic E-state index is 13.7. The molecule has 170 valence electrons. The van der Waals surface area contributed by atoms with Crippen molar-refractivity contribution in [2.75, 3.05) is 44.3 Å². The van der Waals surface area contributed by atoms with E-state index in [4.69, 9.17) is 14.1 Å². The molecule has 1 saturated heterocycles. The summed E-state index contributed by atoms with van der Waals surface area (Å²) in [6.45, 7) is 6.57. The van der Waals surface area contributed by atoms with E-state index in [1.54, 1.807) is 23.1 Å². The van der Waals surface area contributed by atoms with Gasteiger partial charge in [0.2, 0.25) is 0 Å². The first-order chi connectivity index (χ1) is 16.1. The Morgan fingerprint density at radius 3 is 2.79 bits per heavy atom. The molecule has 3 heterocycles. The number of fused-ring (bicyclic) bond motifs is 2. The van der Waals surface area contributed by atoms with Crippen LogP contribution in [0.4, 0.5) is 5.13 Å². The van der Waals surface area contributed by atoms with Crippen LogP contribution in [0.5, 0.6) is 0 Å². The Kier molecular flexibility index (Phi) is 6.22. The number of hydrogen-bond donors (Lipinski definition) is 0. The average Bonchev–Trinajstić information content (AvgIpc) is 3.27. The monoisotopic (exact) mass is 463 g/mol. The number of carbonyl (C=O) groups excluding carboxylic acids is 1. The minimum atomic E-state index is -0.630. The summed E-state index contributed by atoms with van der Waals surface area (Å²) >= 11 is 1.47. The fraction of sp³-hybridized carbons (Fsp3) is 0.320. The van der Waals surface area contributed by atoms with E-state index in [0.29, 0.717) is 22.6 Å². The topological polar surface area (TPSA) is 75.9 Å². The van der Waals surface area contributed by atoms with E-state index in [1.807, 2.05) is 37.3 Å². The summed E-state index contributed by atoms with van der Waals surface area (Å²) in [6.07, 6.45) is 0.763. The number of thiazole rings is 1. The van der Waals surface area contributed by atoms with Crippen LogP contribution in [-0.2, 0) is 4.74 Å². The van der Waals surface area contributed by atoms with Gasteiger partial charge in [0.05, 0.1) is 23.4 Å². The number of carbonyl (C=O) groups is 1. The van der Waals surface area contributed by atoms with E-state index in [9.17, 15) is 9.59 Å². The number of morpholine rings is 1. The predicted molar refractivity (Wildman–Crippen MR) is 130 cm³/mol. The number of rotatable bonds is 6. The zero-order valence-corrected chi connectivity index (χ0v) is 19.3. The first kappa shape index (κ1) is 21.8. The number of aromatic nitrogens is 1. The first-order valence-electron chi connectivity index (χ1n) is 11.1. The summed E-state index contributed by atoms with van der Waals surface area (Å²) in [5.41, 5.74) is 1.80. The lowest BCUT2D eigenvalue weighted by atomic mass is 10.1. The summed E-state index contributed by atoms with van der Waals surface area (Å²) in [7, 11) is 0. The first-order valence-corrected chi connectivity index (χ1v) is 11.9. The van der Waals surface area contributed by atoms with Crippen molar-refractivity contribution in [2.45, 2.75) is 13.3 Å². The molecule has 1 fully saturated rings. The summed E-state index contributed by atoms with van der Waals surface area (Å²) in [4.78, 5) is 35.1. The van der Waals surface area contributed by atoms with Crippen LogP contribution in [0.3, 0.4) is 0 Å². The number of benzene rings is 2. The van der Waals surface area contributed by atoms with Crippen LogP contribution >= 0.6 is 11.3 Å². The fourth-order valence-corrected chi connectivity index (χ4v) is 5.18. The van der Waals surface area contributed by atoms with E-state index in [2.05, 4.69) is 4.90 Å². The van der Waals surface area contributed by atoms with Gasteiger partial charge in [-0.05, 0) is 37.1 Å². The van der Waals surface area contributed by atoms with Crippen molar-refractivity contribution < 1.29 is 13.9 Å². The Hall–Kier alpha value is -3.07. The van der Waals surface area contributed by atoms with Crippen LogP contribution in [-0.4, -0.2) is 55.2 Å². The summed E-state index contributed by atoms with van der Waals surface area (Å²) < 4.78 is 11.9. The van der Waals surface area contributed by atoms with Crippen molar-refractivity contribution in [2.24, 2.45) is 0 Å². The number of hydrogen-bond acceptors (Lipinski definition) is 7. The van der Waals surface area contributed by atoms with Crippen molar-refractivity contribution in [3.63, 3.8) is 0 Å². The molecule has 1 aliphatic rings. The molecule has 0 saturated carbocycles. The minimum Gasteiger partial charge on any atom is -0.422 e. The van der Waals surface area contributed by atoms with Crippen molar-refractivity contribution in [3.05, 3.63) is 70.1 Å². The SMILES string of the molecule is Cc1cccc2sc(N(CCCN3CCOCC3)C(=O)c3cc4ccccc4oc3=O)nc12. The van der Waals surface area contributed by atoms with Crippen LogP contribution in [0.2, 0.25) is 0 Å². The smallest absolute Gasteiger partial charge is 0.349 e. The Bertz CT molecular complexity index is 1360. The predicted octanol–water partition coefficient (Wildman–Crippen LogP) is 4.08. The Morgan fingerprint density at radius 1 is 1.15 bits per heavy atom. The molecule has 0 spiro atoms. The van der Waals surface area contributed by atoms with Crippen LogP contribution in [0.25, 0.3) is 21.2 Å². The van der Waals surface area contributed by atoms with Crippen LogP contribution < -0.4 is 10.5 Å². The average molecular weight is 464 g/mol. The molecule has 1 aliphatic heterocycles. The molecule has 1 amide bonds. The Morgan fingerprint density at radius 2 is 1.97 bits per heavy atom. The third-order valence-corrected chi connectivity index (χ3v) is 6.96. The second-order valence-corrected chi connectivity index (χ2v) is 9.18. The van der Waals surface area contributed by atoms with Gasteiger partial charge in [0.25, 0.3) is 5.91 Å². The van der Waals surface area contributed by atoms with E-state index in [0.717, 1.165) is 55.0 Å². The van der Waals surface area contributed by atoms with E-state index in [1.165, 1.54) is 11.3 Å². The van der Waals surface area contributed by atoms with E-state index >= 15 is 0 Å². The molecule has 33 heavy (non-hydrogen) atoms. The molecule has 0 radical (unpaired) electrons. The number of para-hydroxylation sites is 2. The number of nitrogens with zero attached hydrogens (tertiary/aromatic N) is 3. The largest absolute Gasteiger partial charge is 0.422 e. The maximum Gasteiger partial charge on any atom is 0.349 e. The minimum absolute atomic E-state index is 0.0241. The molecule has 0 aliphatic carbocycles. The van der Waals surface area contributed by atoms with E-state index in [-0.39, 0.29) is 11.5 Å². The highest BCUT2D eigenvalue weighted by atomic mass is 32.1. The molecule has 0 unspecified atom stereocenters. The zero-order valence-electron chi connectivity index (χ0n) is 18.5. The standard InChI is InChI=1S/C25H25N3O4S/c1-17-6-4-9-21-22(17)26-25(33-21)28(11-5-10-27-12-14-31-15-13-27)23(29)19-16-18-7-2-3-8-20(18)32-24(19)30/h2-4,6-9,16H,5,10-15H2,1H3. The van der Waals surface area contributed by atoms with Gasteiger partial charge >= 0.3 is 5.63 Å². The van der Waals surface area contributed by atoms with Gasteiger partial charge < -0.3 is 9.15 Å². The third kappa shape index (κ3) is 4.55. The zero-order chi connectivity index (χ0) is 22.8. The highest BCUT2D eigenvalue weighted by molar-refractivity contribution is 7.22. The molecule has 0 bridgehead atoms. The van der Waals surface area contributed by atoms with Gasteiger partial charge in [0, 0.05) is 31.6 Å². The quantitative estimate of drug-likeness (QED) is 0.401. The Balaban J connectivity index is 1.48. The molecule has 4 aromatic rings. The molecule has 5 rings (SSSR count). The molecular weight excluding hydrogens is 438 g/mol. The van der Waals surface area contributed by atoms with Gasteiger partial charge in [-0.15, -0.1) is 0 Å². The Labute approximate surface area is 195 Å². The van der Waals surface area contributed by atoms with Crippen molar-refractivity contribution >= 4 is 43.6 Å². The third-order valence-electron chi connectivity index (χ3n) is 5.92. The molecule has 0 N–H and O–H groups in total. The highest BCUT2D eigenvalue weighted by Crippen LogP contribution is 2.31. The number of aryl methyl sites for hydroxylation is 1. The molecular formula is C25H25N3O4S. The van der Waals surface area contributed by atoms with Crippen LogP contribution in [0.15, 0.2) is 57.7 Å². The van der Waals surface area contributed by atoms with E-state index < -0.39 is 5.63 Å². The second-order valence-electron chi connectivity index (χ2n) is 8.17. The lowest BCUT2D eigenvalue weighted by Crippen LogP contribution is -2.40. The van der Waals surface area contributed by atoms with Crippen LogP contribution in [0, 0.1) is 6.92 Å². The van der Waals surface area contributed by atoms with Crippen molar-refractivity contribution in [3.8, 4) is 0 Å². The van der Waals surface area contributed by atoms with Crippen LogP contribution in [0.1, 0.15) is 22.3 Å². The molecule has 2 aromatic heterocycles. The van der Waals surface area contributed by atoms with Gasteiger partial charge in [-0.1, -0.05) is 41.7 Å². The van der Waals surface area contributed by atoms with Gasteiger partial charge in [0.1, 0.15) is 11.1 Å². The van der Waals surface area contributed by atoms with Gasteiger partial charge in [0.15, 0.2) is 5.13 Å². The fourth-order valence-electron chi connectivity index (χ4n) is 4.11. The summed E-state index contributed by atoms with van der Waals surface area (Å²) in [5.74, 6) is -0.381. The number of ether oxygens (including phenoxy) is 1. The number of anilines is 1. The lowest BCUT2D eigenvalue weighted by Gasteiger charge is -2.27. The molecule has 2 aromatic carbocycles. The maximum absolute atomic E-state index is 13.7. The lowest BCUT2D eigenvalue weighted by molar-refractivity contribution is 0.0376. The summed E-state index contributed by atoms with van der Waals surface area (Å²) in [6, 6.07) is 14.8.